The summed E-state index contributed by atoms with van der Waals surface area (Å²) in [7, 11) is 0. The molecule has 0 aliphatic carbocycles. The van der Waals surface area contributed by atoms with Crippen molar-refractivity contribution in [3.05, 3.63) is 99.6 Å². The van der Waals surface area contributed by atoms with Gasteiger partial charge in [0.2, 0.25) is 0 Å². The van der Waals surface area contributed by atoms with E-state index in [4.69, 9.17) is 16.3 Å². The number of aryl methyl sites for hydroxylation is 2. The molecule has 0 bridgehead atoms. The van der Waals surface area contributed by atoms with Crippen molar-refractivity contribution >= 4 is 41.2 Å². The first-order chi connectivity index (χ1) is 15.8. The Hall–Kier alpha value is -3.90. The van der Waals surface area contributed by atoms with Gasteiger partial charge in [0.1, 0.15) is 17.9 Å². The summed E-state index contributed by atoms with van der Waals surface area (Å²) >= 11 is 6.17. The van der Waals surface area contributed by atoms with Gasteiger partial charge < -0.3 is 4.74 Å². The molecule has 0 saturated carbocycles. The Balaban J connectivity index is 1.69. The molecule has 166 valence electrons. The number of anilines is 1. The summed E-state index contributed by atoms with van der Waals surface area (Å²) in [5.41, 5.74) is 3.54. The number of halogens is 1. The van der Waals surface area contributed by atoms with E-state index >= 15 is 0 Å². The van der Waals surface area contributed by atoms with Gasteiger partial charge in [0.25, 0.3) is 11.8 Å². The molecule has 0 radical (unpaired) electrons. The van der Waals surface area contributed by atoms with Crippen LogP contribution in [0.4, 0.5) is 10.5 Å². The summed E-state index contributed by atoms with van der Waals surface area (Å²) in [5, 5.41) is 2.66. The number of amides is 4. The highest BCUT2D eigenvalue weighted by Gasteiger charge is 2.37. The van der Waals surface area contributed by atoms with E-state index in [0.29, 0.717) is 28.6 Å². The molecular weight excluding hydrogens is 440 g/mol. The number of nitrogens with zero attached hydrogens (tertiary/aromatic N) is 1. The van der Waals surface area contributed by atoms with Crippen LogP contribution in [-0.2, 0) is 16.2 Å². The third-order valence-corrected chi connectivity index (χ3v) is 5.59. The number of carbonyl (C=O) groups is 3. The van der Waals surface area contributed by atoms with Crippen molar-refractivity contribution in [3.63, 3.8) is 0 Å². The fourth-order valence-electron chi connectivity index (χ4n) is 3.41. The highest BCUT2D eigenvalue weighted by molar-refractivity contribution is 6.39. The van der Waals surface area contributed by atoms with Crippen molar-refractivity contribution in [1.29, 1.82) is 0 Å². The van der Waals surface area contributed by atoms with Crippen LogP contribution in [0, 0.1) is 13.8 Å². The third-order valence-electron chi connectivity index (χ3n) is 5.36. The number of urea groups is 1. The second-order valence-corrected chi connectivity index (χ2v) is 8.12. The monoisotopic (exact) mass is 460 g/mol. The molecule has 3 aromatic rings. The van der Waals surface area contributed by atoms with E-state index in [1.807, 2.05) is 50.2 Å². The van der Waals surface area contributed by atoms with Crippen LogP contribution in [0.25, 0.3) is 6.08 Å². The van der Waals surface area contributed by atoms with Gasteiger partial charge >= 0.3 is 6.03 Å². The Kier molecular flexibility index (Phi) is 6.29. The summed E-state index contributed by atoms with van der Waals surface area (Å²) in [6.45, 7) is 4.11. The molecule has 33 heavy (non-hydrogen) atoms. The van der Waals surface area contributed by atoms with Crippen LogP contribution < -0.4 is 15.0 Å². The smallest absolute Gasteiger partial charge is 0.335 e. The van der Waals surface area contributed by atoms with Gasteiger partial charge in [-0.2, -0.15) is 0 Å². The molecule has 0 atom stereocenters. The Bertz CT molecular complexity index is 1280. The predicted octanol–water partition coefficient (Wildman–Crippen LogP) is 5.20. The lowest BCUT2D eigenvalue weighted by Gasteiger charge is -2.27. The quantitative estimate of drug-likeness (QED) is 0.419. The van der Waals surface area contributed by atoms with Crippen LogP contribution in [0.1, 0.15) is 22.3 Å². The van der Waals surface area contributed by atoms with E-state index in [1.165, 1.54) is 6.08 Å². The Morgan fingerprint density at radius 3 is 2.42 bits per heavy atom. The van der Waals surface area contributed by atoms with Gasteiger partial charge in [-0.3, -0.25) is 14.9 Å². The summed E-state index contributed by atoms with van der Waals surface area (Å²) in [4.78, 5) is 39.2. The van der Waals surface area contributed by atoms with Crippen LogP contribution in [0.15, 0.2) is 72.3 Å². The standard InChI is InChI=1S/C26H21ClN2O4/c1-16-8-10-21(12-17(16)2)29-25(31)22(24(30)28-26(29)32)14-19-13-20(27)9-11-23(19)33-15-18-6-4-3-5-7-18/h3-14H,15H2,1-2H3,(H,28,30,32)/b22-14+. The summed E-state index contributed by atoms with van der Waals surface area (Å²) in [6, 6.07) is 19.0. The van der Waals surface area contributed by atoms with Crippen molar-refractivity contribution in [2.75, 3.05) is 4.90 Å². The van der Waals surface area contributed by atoms with E-state index < -0.39 is 17.8 Å². The maximum atomic E-state index is 13.2. The minimum Gasteiger partial charge on any atom is -0.488 e. The molecule has 1 N–H and O–H groups in total. The van der Waals surface area contributed by atoms with E-state index in [2.05, 4.69) is 5.32 Å². The SMILES string of the molecule is Cc1ccc(N2C(=O)NC(=O)/C(=C\c3cc(Cl)ccc3OCc3ccccc3)C2=O)cc1C. The first kappa shape index (κ1) is 22.3. The lowest BCUT2D eigenvalue weighted by Crippen LogP contribution is -2.54. The van der Waals surface area contributed by atoms with Gasteiger partial charge in [0, 0.05) is 10.6 Å². The normalized spacial score (nSPS) is 15.1. The Morgan fingerprint density at radius 2 is 1.70 bits per heavy atom. The topological polar surface area (TPSA) is 75.7 Å². The number of imide groups is 2. The molecular formula is C26H21ClN2O4. The fraction of sp³-hybridized carbons (Fsp3) is 0.115. The van der Waals surface area contributed by atoms with E-state index in [9.17, 15) is 14.4 Å². The molecule has 1 saturated heterocycles. The molecule has 1 aliphatic heterocycles. The fourth-order valence-corrected chi connectivity index (χ4v) is 3.59. The highest BCUT2D eigenvalue weighted by Crippen LogP contribution is 2.29. The summed E-state index contributed by atoms with van der Waals surface area (Å²) in [5.74, 6) is -1.05. The molecule has 1 heterocycles. The van der Waals surface area contributed by atoms with Crippen LogP contribution in [0.3, 0.4) is 0 Å². The molecule has 0 spiro atoms. The average molecular weight is 461 g/mol. The summed E-state index contributed by atoms with van der Waals surface area (Å²) in [6.07, 6.45) is 1.39. The lowest BCUT2D eigenvalue weighted by molar-refractivity contribution is -0.122. The largest absolute Gasteiger partial charge is 0.488 e. The molecule has 0 aromatic heterocycles. The average Bonchev–Trinajstić information content (AvgIpc) is 2.79. The van der Waals surface area contributed by atoms with Gasteiger partial charge in [0.15, 0.2) is 0 Å². The van der Waals surface area contributed by atoms with Crippen molar-refractivity contribution < 1.29 is 19.1 Å². The molecule has 7 heteroatoms. The minimum atomic E-state index is -0.794. The summed E-state index contributed by atoms with van der Waals surface area (Å²) < 4.78 is 5.92. The maximum absolute atomic E-state index is 13.2. The number of hydrogen-bond acceptors (Lipinski definition) is 4. The second-order valence-electron chi connectivity index (χ2n) is 7.68. The minimum absolute atomic E-state index is 0.195. The Labute approximate surface area is 196 Å². The molecule has 4 amide bonds. The van der Waals surface area contributed by atoms with Gasteiger partial charge in [-0.1, -0.05) is 48.0 Å². The van der Waals surface area contributed by atoms with Crippen LogP contribution in [-0.4, -0.2) is 17.8 Å². The molecule has 1 aliphatic rings. The van der Waals surface area contributed by atoms with Crippen molar-refractivity contribution in [2.24, 2.45) is 0 Å². The molecule has 1 fully saturated rings. The zero-order valence-corrected chi connectivity index (χ0v) is 18.8. The predicted molar refractivity (Wildman–Crippen MR) is 127 cm³/mol. The number of rotatable bonds is 5. The first-order valence-electron chi connectivity index (χ1n) is 10.3. The Morgan fingerprint density at radius 1 is 0.939 bits per heavy atom. The second kappa shape index (κ2) is 9.30. The zero-order valence-electron chi connectivity index (χ0n) is 18.1. The third kappa shape index (κ3) is 4.81. The van der Waals surface area contributed by atoms with Crippen molar-refractivity contribution in [2.45, 2.75) is 20.5 Å². The van der Waals surface area contributed by atoms with Crippen LogP contribution >= 0.6 is 11.6 Å². The van der Waals surface area contributed by atoms with E-state index in [-0.39, 0.29) is 5.57 Å². The number of carbonyl (C=O) groups excluding carboxylic acids is 3. The van der Waals surface area contributed by atoms with E-state index in [0.717, 1.165) is 21.6 Å². The van der Waals surface area contributed by atoms with Crippen molar-refractivity contribution in [3.8, 4) is 5.75 Å². The number of hydrogen-bond donors (Lipinski definition) is 1. The molecule has 4 rings (SSSR count). The molecule has 6 nitrogen and oxygen atoms in total. The van der Waals surface area contributed by atoms with Gasteiger partial charge in [0.05, 0.1) is 5.69 Å². The zero-order chi connectivity index (χ0) is 23.5. The first-order valence-corrected chi connectivity index (χ1v) is 10.7. The maximum Gasteiger partial charge on any atom is 0.335 e. The van der Waals surface area contributed by atoms with Crippen LogP contribution in [0.2, 0.25) is 5.02 Å². The lowest BCUT2D eigenvalue weighted by atomic mass is 10.0. The van der Waals surface area contributed by atoms with Gasteiger partial charge in [-0.05, 0) is 66.9 Å². The van der Waals surface area contributed by atoms with Crippen LogP contribution in [0.5, 0.6) is 5.75 Å². The van der Waals surface area contributed by atoms with Crippen molar-refractivity contribution in [1.82, 2.24) is 5.32 Å². The number of benzene rings is 3. The molecule has 0 unspecified atom stereocenters. The number of ether oxygens (including phenoxy) is 1. The number of nitrogens with one attached hydrogen (secondary N) is 1. The highest BCUT2D eigenvalue weighted by atomic mass is 35.5. The van der Waals surface area contributed by atoms with Gasteiger partial charge in [-0.25, -0.2) is 9.69 Å². The van der Waals surface area contributed by atoms with E-state index in [1.54, 1.807) is 30.3 Å². The molecule has 3 aromatic carbocycles. The van der Waals surface area contributed by atoms with Gasteiger partial charge in [-0.15, -0.1) is 0 Å². The number of barbiturate groups is 1.